The van der Waals surface area contributed by atoms with Gasteiger partial charge in [-0.3, -0.25) is 14.7 Å². The molecule has 0 unspecified atom stereocenters. The molecule has 0 bridgehead atoms. The van der Waals surface area contributed by atoms with Crippen LogP contribution in [0.1, 0.15) is 22.8 Å². The second-order valence-electron chi connectivity index (χ2n) is 6.88. The van der Waals surface area contributed by atoms with E-state index >= 15 is 0 Å². The molecule has 7 nitrogen and oxygen atoms in total. The van der Waals surface area contributed by atoms with Gasteiger partial charge in [0.2, 0.25) is 0 Å². The van der Waals surface area contributed by atoms with Crippen molar-refractivity contribution in [2.75, 3.05) is 25.7 Å². The minimum absolute atomic E-state index is 0.242. The minimum Gasteiger partial charge on any atom is -0.497 e. The van der Waals surface area contributed by atoms with E-state index in [1.165, 1.54) is 18.4 Å². The van der Waals surface area contributed by atoms with Crippen LogP contribution in [0.2, 0.25) is 0 Å². The Bertz CT molecular complexity index is 1230. The summed E-state index contributed by atoms with van der Waals surface area (Å²) in [5.41, 5.74) is 2.08. The predicted molar refractivity (Wildman–Crippen MR) is 125 cm³/mol. The Balaban J connectivity index is 1.79. The molecule has 0 spiro atoms. The maximum atomic E-state index is 13.8. The van der Waals surface area contributed by atoms with Crippen LogP contribution < -0.4 is 19.1 Å². The number of ether oxygens (including phenoxy) is 3. The van der Waals surface area contributed by atoms with E-state index in [1.807, 2.05) is 37.3 Å². The van der Waals surface area contributed by atoms with Crippen molar-refractivity contribution in [2.45, 2.75) is 13.5 Å². The zero-order chi connectivity index (χ0) is 22.5. The van der Waals surface area contributed by atoms with Crippen molar-refractivity contribution in [3.05, 3.63) is 72.1 Å². The van der Waals surface area contributed by atoms with Crippen LogP contribution >= 0.6 is 11.3 Å². The first-order chi connectivity index (χ1) is 15.6. The van der Waals surface area contributed by atoms with Crippen LogP contribution in [0.25, 0.3) is 10.2 Å². The summed E-state index contributed by atoms with van der Waals surface area (Å²) in [4.78, 5) is 24.3. The number of fused-ring (bicyclic) bond motifs is 1. The van der Waals surface area contributed by atoms with Gasteiger partial charge in [0.25, 0.3) is 5.91 Å². The summed E-state index contributed by atoms with van der Waals surface area (Å²) in [6, 6.07) is 14.7. The van der Waals surface area contributed by atoms with E-state index < -0.39 is 0 Å². The van der Waals surface area contributed by atoms with Crippen molar-refractivity contribution in [3.8, 4) is 17.2 Å². The number of hydrogen-bond acceptors (Lipinski definition) is 7. The lowest BCUT2D eigenvalue weighted by Crippen LogP contribution is -2.30. The molecule has 4 rings (SSSR count). The number of anilines is 1. The van der Waals surface area contributed by atoms with Crippen LogP contribution in [-0.4, -0.2) is 36.7 Å². The van der Waals surface area contributed by atoms with Gasteiger partial charge in [0, 0.05) is 12.4 Å². The molecule has 0 aliphatic carbocycles. The number of pyridine rings is 1. The zero-order valence-electron chi connectivity index (χ0n) is 18.1. The molecule has 164 valence electrons. The Kier molecular flexibility index (Phi) is 6.51. The second-order valence-corrected chi connectivity index (χ2v) is 7.89. The van der Waals surface area contributed by atoms with Crippen LogP contribution in [0.5, 0.6) is 17.2 Å². The molecule has 0 saturated carbocycles. The van der Waals surface area contributed by atoms with Crippen LogP contribution in [0.3, 0.4) is 0 Å². The van der Waals surface area contributed by atoms with E-state index in [2.05, 4.69) is 4.98 Å². The molecule has 32 heavy (non-hydrogen) atoms. The summed E-state index contributed by atoms with van der Waals surface area (Å²) in [5, 5.41) is 0.576. The average molecular weight is 450 g/mol. The third-order valence-electron chi connectivity index (χ3n) is 4.84. The summed E-state index contributed by atoms with van der Waals surface area (Å²) in [7, 11) is 3.10. The maximum absolute atomic E-state index is 13.8. The van der Waals surface area contributed by atoms with Crippen molar-refractivity contribution in [1.29, 1.82) is 0 Å². The van der Waals surface area contributed by atoms with Crippen molar-refractivity contribution < 1.29 is 19.0 Å². The number of carbonyl (C=O) groups is 1. The largest absolute Gasteiger partial charge is 0.497 e. The van der Waals surface area contributed by atoms with Gasteiger partial charge in [-0.05, 0) is 55.0 Å². The highest BCUT2D eigenvalue weighted by Gasteiger charge is 2.25. The van der Waals surface area contributed by atoms with E-state index in [0.29, 0.717) is 35.3 Å². The quantitative estimate of drug-likeness (QED) is 0.379. The number of aromatic nitrogens is 2. The number of benzene rings is 2. The van der Waals surface area contributed by atoms with Gasteiger partial charge in [-0.2, -0.15) is 0 Å². The Hall–Kier alpha value is -3.65. The molecule has 0 atom stereocenters. The Morgan fingerprint density at radius 2 is 1.91 bits per heavy atom. The summed E-state index contributed by atoms with van der Waals surface area (Å²) in [5.74, 6) is 1.57. The highest BCUT2D eigenvalue weighted by Crippen LogP contribution is 2.34. The Labute approximate surface area is 190 Å². The molecule has 2 aromatic heterocycles. The fourth-order valence-electron chi connectivity index (χ4n) is 3.29. The van der Waals surface area contributed by atoms with Crippen LogP contribution in [0.15, 0.2) is 60.9 Å². The van der Waals surface area contributed by atoms with Gasteiger partial charge in [0.1, 0.15) is 17.2 Å². The molecule has 0 radical (unpaired) electrons. The van der Waals surface area contributed by atoms with Gasteiger partial charge in [-0.15, -0.1) is 0 Å². The van der Waals surface area contributed by atoms with Gasteiger partial charge < -0.3 is 14.2 Å². The van der Waals surface area contributed by atoms with Crippen LogP contribution in [-0.2, 0) is 6.54 Å². The molecular weight excluding hydrogens is 426 g/mol. The molecule has 2 heterocycles. The second kappa shape index (κ2) is 9.65. The molecule has 0 fully saturated rings. The highest BCUT2D eigenvalue weighted by atomic mass is 32.1. The van der Waals surface area contributed by atoms with Crippen LogP contribution in [0.4, 0.5) is 5.13 Å². The molecule has 0 aliphatic heterocycles. The fourth-order valence-corrected chi connectivity index (χ4v) is 4.28. The number of carbonyl (C=O) groups excluding carboxylic acids is 1. The number of thiazole rings is 1. The van der Waals surface area contributed by atoms with Crippen molar-refractivity contribution >= 4 is 32.6 Å². The summed E-state index contributed by atoms with van der Waals surface area (Å²) in [6.45, 7) is 2.84. The molecule has 2 aromatic carbocycles. The molecular formula is C24H23N3O4S. The van der Waals surface area contributed by atoms with E-state index in [0.717, 1.165) is 21.5 Å². The molecule has 0 saturated heterocycles. The molecule has 0 aliphatic rings. The monoisotopic (exact) mass is 449 g/mol. The normalized spacial score (nSPS) is 10.7. The number of rotatable bonds is 8. The van der Waals surface area contributed by atoms with E-state index in [1.54, 1.807) is 42.6 Å². The Morgan fingerprint density at radius 3 is 2.62 bits per heavy atom. The van der Waals surface area contributed by atoms with Crippen LogP contribution in [0, 0.1) is 0 Å². The van der Waals surface area contributed by atoms with Crippen molar-refractivity contribution in [3.63, 3.8) is 0 Å². The molecule has 4 aromatic rings. The van der Waals surface area contributed by atoms with Gasteiger partial charge in [-0.25, -0.2) is 4.98 Å². The first-order valence-corrected chi connectivity index (χ1v) is 10.9. The van der Waals surface area contributed by atoms with Gasteiger partial charge in [-0.1, -0.05) is 17.4 Å². The summed E-state index contributed by atoms with van der Waals surface area (Å²) < 4.78 is 17.3. The first-order valence-electron chi connectivity index (χ1n) is 10.1. The minimum atomic E-state index is -0.242. The lowest BCUT2D eigenvalue weighted by atomic mass is 10.1. The number of nitrogens with zero attached hydrogens (tertiary/aromatic N) is 3. The number of hydrogen-bond donors (Lipinski definition) is 0. The SMILES string of the molecule is CCOc1ccc2nc(N(Cc3cccnc3)C(=O)c3cc(OC)ccc3OC)sc2c1. The molecule has 0 N–H and O–H groups in total. The third-order valence-corrected chi connectivity index (χ3v) is 5.88. The fraction of sp³-hybridized carbons (Fsp3) is 0.208. The number of methoxy groups -OCH3 is 2. The maximum Gasteiger partial charge on any atom is 0.264 e. The zero-order valence-corrected chi connectivity index (χ0v) is 18.9. The lowest BCUT2D eigenvalue weighted by Gasteiger charge is -2.21. The number of amides is 1. The third kappa shape index (κ3) is 4.50. The predicted octanol–water partition coefficient (Wildman–Crippen LogP) is 4.95. The highest BCUT2D eigenvalue weighted by molar-refractivity contribution is 7.22. The summed E-state index contributed by atoms with van der Waals surface area (Å²) in [6.07, 6.45) is 3.44. The average Bonchev–Trinajstić information content (AvgIpc) is 3.25. The van der Waals surface area contributed by atoms with E-state index in [4.69, 9.17) is 19.2 Å². The smallest absolute Gasteiger partial charge is 0.264 e. The van der Waals surface area contributed by atoms with Gasteiger partial charge in [0.15, 0.2) is 5.13 Å². The van der Waals surface area contributed by atoms with Crippen molar-refractivity contribution in [2.24, 2.45) is 0 Å². The first kappa shape index (κ1) is 21.6. The van der Waals surface area contributed by atoms with E-state index in [9.17, 15) is 4.79 Å². The van der Waals surface area contributed by atoms with Crippen molar-refractivity contribution in [1.82, 2.24) is 9.97 Å². The lowest BCUT2D eigenvalue weighted by molar-refractivity contribution is 0.0982. The molecule has 1 amide bonds. The van der Waals surface area contributed by atoms with E-state index in [-0.39, 0.29) is 5.91 Å². The van der Waals surface area contributed by atoms with Gasteiger partial charge >= 0.3 is 0 Å². The topological polar surface area (TPSA) is 73.8 Å². The standard InChI is InChI=1S/C24H23N3O4S/c1-4-31-18-7-9-20-22(13-18)32-24(26-20)27(15-16-6-5-11-25-14-16)23(28)19-12-17(29-2)8-10-21(19)30-3/h5-14H,4,15H2,1-3H3. The Morgan fingerprint density at radius 1 is 1.06 bits per heavy atom. The van der Waals surface area contributed by atoms with Gasteiger partial charge in [0.05, 0.1) is 43.2 Å². The molecule has 8 heteroatoms. The summed E-state index contributed by atoms with van der Waals surface area (Å²) >= 11 is 1.43.